The van der Waals surface area contributed by atoms with E-state index in [2.05, 4.69) is 13.8 Å². The first-order valence-corrected chi connectivity index (χ1v) is 6.25. The van der Waals surface area contributed by atoms with Crippen LogP contribution in [0.1, 0.15) is 45.1 Å². The maximum Gasteiger partial charge on any atom is 0.314 e. The lowest BCUT2D eigenvalue weighted by Gasteiger charge is -2.42. The number of rotatable bonds is 2. The van der Waals surface area contributed by atoms with Crippen LogP contribution in [-0.4, -0.2) is 11.1 Å². The molecule has 2 nitrogen and oxygen atoms in total. The molecule has 0 spiro atoms. The van der Waals surface area contributed by atoms with Crippen LogP contribution in [0.2, 0.25) is 0 Å². The molecule has 2 rings (SSSR count). The summed E-state index contributed by atoms with van der Waals surface area (Å²) in [6, 6.07) is 9.71. The summed E-state index contributed by atoms with van der Waals surface area (Å²) < 4.78 is 0. The van der Waals surface area contributed by atoms with E-state index in [0.29, 0.717) is 0 Å². The smallest absolute Gasteiger partial charge is 0.314 e. The Morgan fingerprint density at radius 2 is 1.82 bits per heavy atom. The van der Waals surface area contributed by atoms with Crippen molar-refractivity contribution in [2.45, 2.75) is 44.9 Å². The van der Waals surface area contributed by atoms with Crippen LogP contribution in [0.25, 0.3) is 0 Å². The van der Waals surface area contributed by atoms with Crippen LogP contribution < -0.4 is 0 Å². The van der Waals surface area contributed by atoms with Gasteiger partial charge in [-0.15, -0.1) is 0 Å². The Kier molecular flexibility index (Phi) is 2.98. The molecule has 1 aromatic rings. The van der Waals surface area contributed by atoms with Gasteiger partial charge in [0.05, 0.1) is 5.41 Å². The first-order valence-electron chi connectivity index (χ1n) is 6.25. The fraction of sp³-hybridized carbons (Fsp3) is 0.533. The van der Waals surface area contributed by atoms with Gasteiger partial charge >= 0.3 is 5.97 Å². The van der Waals surface area contributed by atoms with Crippen LogP contribution in [0.15, 0.2) is 30.3 Å². The Morgan fingerprint density at radius 3 is 2.35 bits per heavy atom. The van der Waals surface area contributed by atoms with Crippen LogP contribution in [-0.2, 0) is 10.2 Å². The molecule has 0 saturated heterocycles. The van der Waals surface area contributed by atoms with Gasteiger partial charge in [0.25, 0.3) is 0 Å². The van der Waals surface area contributed by atoms with Gasteiger partial charge in [0.1, 0.15) is 0 Å². The molecular formula is C15H20O2. The van der Waals surface area contributed by atoms with E-state index in [4.69, 9.17) is 0 Å². The Balaban J connectivity index is 2.44. The van der Waals surface area contributed by atoms with E-state index in [9.17, 15) is 9.90 Å². The summed E-state index contributed by atoms with van der Waals surface area (Å²) in [6.45, 7) is 4.35. The fourth-order valence-corrected chi connectivity index (χ4v) is 3.17. The molecule has 2 heteroatoms. The van der Waals surface area contributed by atoms with Gasteiger partial charge in [-0.05, 0) is 30.2 Å². The molecule has 1 aliphatic carbocycles. The van der Waals surface area contributed by atoms with Crippen molar-refractivity contribution in [3.63, 3.8) is 0 Å². The number of hydrogen-bond donors (Lipinski definition) is 1. The van der Waals surface area contributed by atoms with E-state index in [-0.39, 0.29) is 5.41 Å². The van der Waals surface area contributed by atoms with Crippen molar-refractivity contribution in [2.75, 3.05) is 0 Å². The van der Waals surface area contributed by atoms with Crippen LogP contribution >= 0.6 is 0 Å². The second-order valence-electron chi connectivity index (χ2n) is 5.95. The number of hydrogen-bond acceptors (Lipinski definition) is 1. The normalized spacial score (nSPS) is 27.6. The molecule has 17 heavy (non-hydrogen) atoms. The van der Waals surface area contributed by atoms with E-state index < -0.39 is 11.4 Å². The third-order valence-electron chi connectivity index (χ3n) is 3.97. The van der Waals surface area contributed by atoms with Crippen LogP contribution in [0.3, 0.4) is 0 Å². The molecule has 1 fully saturated rings. The largest absolute Gasteiger partial charge is 0.481 e. The summed E-state index contributed by atoms with van der Waals surface area (Å²) >= 11 is 0. The lowest BCUT2D eigenvalue weighted by atomic mass is 9.61. The number of carbonyl (C=O) groups is 1. The van der Waals surface area contributed by atoms with E-state index in [1.807, 2.05) is 30.3 Å². The molecule has 1 atom stereocenters. The highest BCUT2D eigenvalue weighted by Crippen LogP contribution is 2.47. The van der Waals surface area contributed by atoms with Gasteiger partial charge in [-0.1, -0.05) is 50.6 Å². The second-order valence-corrected chi connectivity index (χ2v) is 5.95. The second kappa shape index (κ2) is 4.17. The maximum atomic E-state index is 11.8. The average Bonchev–Trinajstić information content (AvgIpc) is 2.28. The van der Waals surface area contributed by atoms with Gasteiger partial charge in [-0.25, -0.2) is 0 Å². The first kappa shape index (κ1) is 12.2. The van der Waals surface area contributed by atoms with Gasteiger partial charge in [-0.2, -0.15) is 0 Å². The standard InChI is InChI=1S/C15H20O2/c1-14(2)9-6-10-15(11-14,13(16)17)12-7-4-3-5-8-12/h3-5,7-8H,6,9-11H2,1-2H3,(H,16,17). The van der Waals surface area contributed by atoms with Crippen molar-refractivity contribution in [3.8, 4) is 0 Å². The molecule has 92 valence electrons. The minimum absolute atomic E-state index is 0.118. The van der Waals surface area contributed by atoms with Crippen molar-refractivity contribution in [2.24, 2.45) is 5.41 Å². The Bertz CT molecular complexity index is 408. The van der Waals surface area contributed by atoms with E-state index in [0.717, 1.165) is 31.2 Å². The molecule has 0 aromatic heterocycles. The van der Waals surface area contributed by atoms with Gasteiger partial charge in [-0.3, -0.25) is 4.79 Å². The molecular weight excluding hydrogens is 212 g/mol. The SMILES string of the molecule is CC1(C)CCCC(C(=O)O)(c2ccccc2)C1. The Labute approximate surface area is 103 Å². The highest BCUT2D eigenvalue weighted by molar-refractivity contribution is 5.81. The van der Waals surface area contributed by atoms with Gasteiger partial charge < -0.3 is 5.11 Å². The molecule has 1 unspecified atom stereocenters. The third-order valence-corrected chi connectivity index (χ3v) is 3.97. The molecule has 0 radical (unpaired) electrons. The van der Waals surface area contributed by atoms with Gasteiger partial charge in [0.15, 0.2) is 0 Å². The molecule has 0 heterocycles. The predicted molar refractivity (Wildman–Crippen MR) is 68.0 cm³/mol. The molecule has 1 aromatic carbocycles. The Hall–Kier alpha value is -1.31. The third kappa shape index (κ3) is 2.21. The molecule has 0 bridgehead atoms. The van der Waals surface area contributed by atoms with Crippen molar-refractivity contribution < 1.29 is 9.90 Å². The molecule has 1 aliphatic rings. The van der Waals surface area contributed by atoms with Crippen molar-refractivity contribution in [1.29, 1.82) is 0 Å². The highest BCUT2D eigenvalue weighted by atomic mass is 16.4. The summed E-state index contributed by atoms with van der Waals surface area (Å²) in [5.74, 6) is -0.670. The van der Waals surface area contributed by atoms with Crippen LogP contribution in [0.5, 0.6) is 0 Å². The summed E-state index contributed by atoms with van der Waals surface area (Å²) in [5, 5.41) is 9.67. The predicted octanol–water partition coefficient (Wildman–Crippen LogP) is 3.61. The lowest BCUT2D eigenvalue weighted by Crippen LogP contribution is -2.43. The summed E-state index contributed by atoms with van der Waals surface area (Å²) in [6.07, 6.45) is 3.61. The number of carboxylic acid groups (broad SMARTS) is 1. The average molecular weight is 232 g/mol. The summed E-state index contributed by atoms with van der Waals surface area (Å²) in [4.78, 5) is 11.8. The molecule has 0 amide bonds. The minimum atomic E-state index is -0.678. The van der Waals surface area contributed by atoms with E-state index in [1.165, 1.54) is 0 Å². The molecule has 0 aliphatic heterocycles. The lowest BCUT2D eigenvalue weighted by molar-refractivity contribution is -0.147. The topological polar surface area (TPSA) is 37.3 Å². The number of aliphatic carboxylic acids is 1. The van der Waals surface area contributed by atoms with E-state index in [1.54, 1.807) is 0 Å². The van der Waals surface area contributed by atoms with Crippen LogP contribution in [0.4, 0.5) is 0 Å². The van der Waals surface area contributed by atoms with E-state index >= 15 is 0 Å². The zero-order valence-electron chi connectivity index (χ0n) is 10.6. The van der Waals surface area contributed by atoms with Crippen LogP contribution in [0, 0.1) is 5.41 Å². The zero-order valence-corrected chi connectivity index (χ0v) is 10.6. The summed E-state index contributed by atoms with van der Waals surface area (Å²) in [5.41, 5.74) is 0.399. The minimum Gasteiger partial charge on any atom is -0.481 e. The monoisotopic (exact) mass is 232 g/mol. The maximum absolute atomic E-state index is 11.8. The number of benzene rings is 1. The zero-order chi connectivity index (χ0) is 12.5. The first-order chi connectivity index (χ1) is 7.96. The van der Waals surface area contributed by atoms with Crippen molar-refractivity contribution >= 4 is 5.97 Å². The van der Waals surface area contributed by atoms with Crippen molar-refractivity contribution in [1.82, 2.24) is 0 Å². The Morgan fingerprint density at radius 1 is 1.18 bits per heavy atom. The van der Waals surface area contributed by atoms with Gasteiger partial charge in [0, 0.05) is 0 Å². The highest BCUT2D eigenvalue weighted by Gasteiger charge is 2.46. The van der Waals surface area contributed by atoms with Crippen molar-refractivity contribution in [3.05, 3.63) is 35.9 Å². The molecule has 1 saturated carbocycles. The fourth-order valence-electron chi connectivity index (χ4n) is 3.17. The quantitative estimate of drug-likeness (QED) is 0.845. The van der Waals surface area contributed by atoms with Gasteiger partial charge in [0.2, 0.25) is 0 Å². The number of carboxylic acids is 1. The molecule has 1 N–H and O–H groups in total. The summed E-state index contributed by atoms with van der Waals surface area (Å²) in [7, 11) is 0.